The standard InChI is InChI=1S/C30H33F3N6O4S2/c1-38(2)19-28(40)39-14-10-20(11-15-39)37-25-6-3-5-22-23(18-30(31,32)33)27(44-29(22)25)7-4-13-36-24-9-8-21(45(35,41)42)17-26(24)43-16-12-34/h3,5-6,8-9,17,20,36-37H,10-11,13-16,18-19H2,1-2H3,(H2,35,41,42). The minimum atomic E-state index is -4.45. The van der Waals surface area contributed by atoms with Gasteiger partial charge in [-0.2, -0.15) is 18.4 Å². The molecule has 1 aliphatic heterocycles. The van der Waals surface area contributed by atoms with Crippen LogP contribution in [0.2, 0.25) is 0 Å². The SMILES string of the molecule is CN(C)CC(=O)N1CCC(Nc2cccc3c(CC(F)(F)F)c(C#CCNc4ccc(S(N)(=O)=O)cc4OCC#N)sc23)CC1. The molecule has 1 saturated heterocycles. The number of rotatable bonds is 10. The Balaban J connectivity index is 1.54. The number of carbonyl (C=O) groups is 1. The second kappa shape index (κ2) is 14.4. The number of amides is 1. The Morgan fingerprint density at radius 2 is 1.93 bits per heavy atom. The Labute approximate surface area is 264 Å². The molecule has 1 fully saturated rings. The second-order valence-electron chi connectivity index (χ2n) is 10.7. The van der Waals surface area contributed by atoms with Crippen LogP contribution in [0.3, 0.4) is 0 Å². The van der Waals surface area contributed by atoms with Crippen molar-refractivity contribution in [2.24, 2.45) is 5.14 Å². The quantitative estimate of drug-likeness (QED) is 0.277. The molecule has 1 aromatic heterocycles. The van der Waals surface area contributed by atoms with Crippen molar-refractivity contribution in [3.05, 3.63) is 46.8 Å². The van der Waals surface area contributed by atoms with Crippen molar-refractivity contribution in [2.75, 3.05) is 57.5 Å². The molecule has 1 amide bonds. The predicted octanol–water partition coefficient (Wildman–Crippen LogP) is 3.98. The minimum absolute atomic E-state index is 0.00639. The number of hydrogen-bond donors (Lipinski definition) is 3. The van der Waals surface area contributed by atoms with Crippen molar-refractivity contribution in [2.45, 2.75) is 36.4 Å². The van der Waals surface area contributed by atoms with Gasteiger partial charge in [-0.05, 0) is 56.1 Å². The number of primary sulfonamides is 1. The molecule has 0 spiro atoms. The maximum absolute atomic E-state index is 13.7. The third-order valence-corrected chi connectivity index (χ3v) is 9.10. The summed E-state index contributed by atoms with van der Waals surface area (Å²) >= 11 is 1.18. The summed E-state index contributed by atoms with van der Waals surface area (Å²) in [7, 11) is -0.327. The molecule has 1 aliphatic rings. The van der Waals surface area contributed by atoms with Gasteiger partial charge in [-0.25, -0.2) is 13.6 Å². The first-order valence-corrected chi connectivity index (χ1v) is 16.3. The molecule has 4 rings (SSSR count). The molecule has 3 aromatic rings. The van der Waals surface area contributed by atoms with E-state index < -0.39 is 22.6 Å². The third-order valence-electron chi connectivity index (χ3n) is 7.00. The van der Waals surface area contributed by atoms with E-state index in [1.54, 1.807) is 18.2 Å². The van der Waals surface area contributed by atoms with Gasteiger partial charge in [0.2, 0.25) is 15.9 Å². The van der Waals surface area contributed by atoms with Gasteiger partial charge in [0.05, 0.1) is 45.4 Å². The van der Waals surface area contributed by atoms with Crippen LogP contribution in [0.25, 0.3) is 10.1 Å². The van der Waals surface area contributed by atoms with Crippen LogP contribution in [0, 0.1) is 23.2 Å². The van der Waals surface area contributed by atoms with E-state index in [-0.39, 0.29) is 46.2 Å². The lowest BCUT2D eigenvalue weighted by atomic mass is 10.0. The van der Waals surface area contributed by atoms with E-state index in [0.29, 0.717) is 48.2 Å². The van der Waals surface area contributed by atoms with E-state index in [9.17, 15) is 26.4 Å². The fourth-order valence-electron chi connectivity index (χ4n) is 4.94. The summed E-state index contributed by atoms with van der Waals surface area (Å²) in [5, 5.41) is 21.0. The van der Waals surface area contributed by atoms with Gasteiger partial charge in [0.1, 0.15) is 11.8 Å². The molecule has 15 heteroatoms. The Hall–Kier alpha value is -4.02. The van der Waals surface area contributed by atoms with Crippen molar-refractivity contribution in [1.82, 2.24) is 9.80 Å². The zero-order chi connectivity index (χ0) is 32.8. The number of piperidine rings is 1. The number of benzene rings is 2. The number of carbonyl (C=O) groups excluding carboxylic acids is 1. The number of nitrogens with two attached hydrogens (primary N) is 1. The van der Waals surface area contributed by atoms with Crippen LogP contribution < -0.4 is 20.5 Å². The monoisotopic (exact) mass is 662 g/mol. The largest absolute Gasteiger partial charge is 0.477 e. The number of sulfonamides is 1. The molecular weight excluding hydrogens is 629 g/mol. The van der Waals surface area contributed by atoms with Gasteiger partial charge in [0, 0.05) is 25.2 Å². The minimum Gasteiger partial charge on any atom is -0.477 e. The van der Waals surface area contributed by atoms with E-state index in [4.69, 9.17) is 15.1 Å². The fourth-order valence-corrected chi connectivity index (χ4v) is 6.64. The molecule has 4 N–H and O–H groups in total. The van der Waals surface area contributed by atoms with Gasteiger partial charge in [-0.1, -0.05) is 24.0 Å². The predicted molar refractivity (Wildman–Crippen MR) is 168 cm³/mol. The zero-order valence-electron chi connectivity index (χ0n) is 24.7. The fraction of sp³-hybridized carbons (Fsp3) is 0.400. The molecule has 0 atom stereocenters. The molecule has 45 heavy (non-hydrogen) atoms. The number of likely N-dealkylation sites (N-methyl/N-ethyl adjacent to an activating group) is 1. The Morgan fingerprint density at radius 3 is 2.58 bits per heavy atom. The van der Waals surface area contributed by atoms with Gasteiger partial charge in [0.15, 0.2) is 6.61 Å². The summed E-state index contributed by atoms with van der Waals surface area (Å²) in [4.78, 5) is 16.2. The van der Waals surface area contributed by atoms with Gasteiger partial charge in [0.25, 0.3) is 0 Å². The number of halogens is 3. The summed E-state index contributed by atoms with van der Waals surface area (Å²) in [6.45, 7) is 1.19. The number of hydrogen-bond acceptors (Lipinski definition) is 9. The zero-order valence-corrected chi connectivity index (χ0v) is 26.3. The molecule has 0 unspecified atom stereocenters. The van der Waals surface area contributed by atoms with Crippen LogP contribution >= 0.6 is 11.3 Å². The topological polar surface area (TPSA) is 141 Å². The van der Waals surface area contributed by atoms with Crippen LogP contribution in [-0.4, -0.2) is 83.2 Å². The number of fused-ring (bicyclic) bond motifs is 1. The van der Waals surface area contributed by atoms with Gasteiger partial charge >= 0.3 is 6.18 Å². The molecule has 0 saturated carbocycles. The second-order valence-corrected chi connectivity index (χ2v) is 13.3. The van der Waals surface area contributed by atoms with Crippen molar-refractivity contribution >= 4 is 48.7 Å². The summed E-state index contributed by atoms with van der Waals surface area (Å²) in [5.74, 6) is 5.86. The van der Waals surface area contributed by atoms with Crippen molar-refractivity contribution in [3.8, 4) is 23.7 Å². The van der Waals surface area contributed by atoms with Crippen molar-refractivity contribution in [1.29, 1.82) is 5.26 Å². The molecule has 0 bridgehead atoms. The third kappa shape index (κ3) is 9.25. The lowest BCUT2D eigenvalue weighted by molar-refractivity contribution is -0.132. The van der Waals surface area contributed by atoms with Gasteiger partial charge < -0.3 is 25.2 Å². The van der Waals surface area contributed by atoms with E-state index in [0.717, 1.165) is 5.69 Å². The smallest absolute Gasteiger partial charge is 0.393 e. The number of nitrogens with one attached hydrogen (secondary N) is 2. The molecule has 10 nitrogen and oxygen atoms in total. The normalized spacial score (nSPS) is 14.1. The molecule has 0 aliphatic carbocycles. The van der Waals surface area contributed by atoms with Gasteiger partial charge in [-0.3, -0.25) is 4.79 Å². The molecular formula is C30H33F3N6O4S2. The number of thiophene rings is 1. The number of likely N-dealkylation sites (tertiary alicyclic amines) is 1. The highest BCUT2D eigenvalue weighted by Gasteiger charge is 2.31. The number of nitriles is 1. The highest BCUT2D eigenvalue weighted by molar-refractivity contribution is 7.89. The summed E-state index contributed by atoms with van der Waals surface area (Å²) in [6, 6.07) is 10.9. The lowest BCUT2D eigenvalue weighted by Gasteiger charge is -2.33. The number of ether oxygens (including phenoxy) is 1. The average Bonchev–Trinajstić information content (AvgIpc) is 3.30. The summed E-state index contributed by atoms with van der Waals surface area (Å²) in [5.41, 5.74) is 1.15. The number of nitrogens with zero attached hydrogens (tertiary/aromatic N) is 3. The van der Waals surface area contributed by atoms with Crippen LogP contribution in [0.1, 0.15) is 23.3 Å². The number of alkyl halides is 3. The number of anilines is 2. The Morgan fingerprint density at radius 1 is 1.20 bits per heavy atom. The first-order chi connectivity index (χ1) is 21.2. The van der Waals surface area contributed by atoms with Crippen LogP contribution in [0.4, 0.5) is 24.5 Å². The van der Waals surface area contributed by atoms with E-state index >= 15 is 0 Å². The Bertz CT molecular complexity index is 1750. The van der Waals surface area contributed by atoms with Crippen LogP contribution in [0.5, 0.6) is 5.75 Å². The summed E-state index contributed by atoms with van der Waals surface area (Å²) in [6.07, 6.45) is -4.16. The van der Waals surface area contributed by atoms with Crippen molar-refractivity contribution < 1.29 is 31.1 Å². The van der Waals surface area contributed by atoms with E-state index in [1.165, 1.54) is 29.5 Å². The van der Waals surface area contributed by atoms with E-state index in [2.05, 4.69) is 22.5 Å². The maximum Gasteiger partial charge on any atom is 0.393 e. The van der Waals surface area contributed by atoms with Gasteiger partial charge in [-0.15, -0.1) is 11.3 Å². The lowest BCUT2D eigenvalue weighted by Crippen LogP contribution is -2.45. The Kier molecular flexibility index (Phi) is 10.8. The van der Waals surface area contributed by atoms with E-state index in [1.807, 2.05) is 30.0 Å². The van der Waals surface area contributed by atoms with Crippen LogP contribution in [-0.2, 0) is 21.2 Å². The summed E-state index contributed by atoms with van der Waals surface area (Å²) < 4.78 is 70.4. The highest BCUT2D eigenvalue weighted by atomic mass is 32.2. The first-order valence-electron chi connectivity index (χ1n) is 13.9. The molecule has 240 valence electrons. The average molecular weight is 663 g/mol. The highest BCUT2D eigenvalue weighted by Crippen LogP contribution is 2.39. The van der Waals surface area contributed by atoms with Crippen LogP contribution in [0.15, 0.2) is 41.3 Å². The maximum atomic E-state index is 13.7. The molecule has 2 heterocycles. The molecule has 2 aromatic carbocycles. The first kappa shape index (κ1) is 33.9. The van der Waals surface area contributed by atoms with Crippen molar-refractivity contribution in [3.63, 3.8) is 0 Å². The molecule has 0 radical (unpaired) electrons.